The summed E-state index contributed by atoms with van der Waals surface area (Å²) in [5.74, 6) is -0.331. The maximum atomic E-state index is 11.5. The Morgan fingerprint density at radius 1 is 1.28 bits per heavy atom. The fourth-order valence-corrected chi connectivity index (χ4v) is 1.42. The van der Waals surface area contributed by atoms with Crippen LogP contribution in [0.2, 0.25) is 0 Å². The maximum Gasteiger partial charge on any atom is 0.265 e. The summed E-state index contributed by atoms with van der Waals surface area (Å²) in [6, 6.07) is 2.24. The van der Waals surface area contributed by atoms with Crippen molar-refractivity contribution >= 4 is 5.91 Å². The van der Waals surface area contributed by atoms with Gasteiger partial charge in [-0.15, -0.1) is 0 Å². The Morgan fingerprint density at radius 3 is 2.78 bits per heavy atom. The molecule has 0 radical (unpaired) electrons. The summed E-state index contributed by atoms with van der Waals surface area (Å²) < 4.78 is 0.964. The molecule has 1 amide bonds. The average Bonchev–Trinajstić information content (AvgIpc) is 2.33. The highest BCUT2D eigenvalue weighted by Gasteiger charge is 2.04. The smallest absolute Gasteiger partial charge is 0.265 e. The van der Waals surface area contributed by atoms with Crippen LogP contribution in [0.3, 0.4) is 0 Å². The van der Waals surface area contributed by atoms with Gasteiger partial charge in [0.05, 0.1) is 0 Å². The van der Waals surface area contributed by atoms with Crippen LogP contribution in [-0.4, -0.2) is 33.9 Å². The quantitative estimate of drug-likeness (QED) is 0.533. The summed E-state index contributed by atoms with van der Waals surface area (Å²) in [7, 11) is 0. The fourth-order valence-electron chi connectivity index (χ4n) is 1.42. The molecule has 1 rings (SSSR count). The number of H-pyrrole nitrogens is 1. The minimum atomic E-state index is -0.426. The average molecular weight is 255 g/mol. The number of hydrogen-bond acceptors (Lipinski definition) is 4. The molecule has 0 saturated carbocycles. The van der Waals surface area contributed by atoms with Crippen molar-refractivity contribution in [3.05, 3.63) is 32.8 Å². The molecule has 0 unspecified atom stereocenters. The van der Waals surface area contributed by atoms with E-state index in [4.69, 9.17) is 5.11 Å². The van der Waals surface area contributed by atoms with Crippen molar-refractivity contribution < 1.29 is 9.90 Å². The van der Waals surface area contributed by atoms with E-state index in [0.717, 1.165) is 29.7 Å². The van der Waals surface area contributed by atoms with Gasteiger partial charge in [-0.3, -0.25) is 19.5 Å². The van der Waals surface area contributed by atoms with E-state index in [9.17, 15) is 14.4 Å². The molecule has 0 bridgehead atoms. The van der Waals surface area contributed by atoms with Crippen LogP contribution >= 0.6 is 0 Å². The number of nitrogens with zero attached hydrogens (tertiary/aromatic N) is 1. The first kappa shape index (κ1) is 14.2. The van der Waals surface area contributed by atoms with Crippen molar-refractivity contribution in [2.45, 2.75) is 25.8 Å². The number of hydrogen-bond donors (Lipinski definition) is 3. The lowest BCUT2D eigenvalue weighted by molar-refractivity contribution is -0.121. The molecule has 1 aromatic heterocycles. The van der Waals surface area contributed by atoms with E-state index in [1.165, 1.54) is 0 Å². The van der Waals surface area contributed by atoms with Crippen LogP contribution in [0.25, 0.3) is 0 Å². The first-order chi connectivity index (χ1) is 8.63. The van der Waals surface area contributed by atoms with E-state index in [2.05, 4.69) is 10.4 Å². The van der Waals surface area contributed by atoms with Crippen LogP contribution in [0.4, 0.5) is 0 Å². The number of aromatic amines is 1. The van der Waals surface area contributed by atoms with Crippen molar-refractivity contribution in [2.75, 3.05) is 13.2 Å². The van der Waals surface area contributed by atoms with Gasteiger partial charge in [-0.1, -0.05) is 0 Å². The number of unbranched alkanes of at least 4 members (excludes halogenated alkanes) is 2. The number of nitrogens with one attached hydrogen (secondary N) is 2. The molecule has 1 heterocycles. The number of aliphatic hydroxyl groups excluding tert-OH is 1. The number of amides is 1. The van der Waals surface area contributed by atoms with Gasteiger partial charge in [0.2, 0.25) is 5.91 Å². The number of rotatable bonds is 7. The summed E-state index contributed by atoms with van der Waals surface area (Å²) in [6.45, 7) is 0.439. The van der Waals surface area contributed by atoms with Crippen molar-refractivity contribution in [1.29, 1.82) is 0 Å². The van der Waals surface area contributed by atoms with E-state index in [1.807, 2.05) is 0 Å². The Labute approximate surface area is 103 Å². The van der Waals surface area contributed by atoms with Gasteiger partial charge in [0.15, 0.2) is 0 Å². The molecule has 0 aliphatic rings. The van der Waals surface area contributed by atoms with Crippen LogP contribution in [0.5, 0.6) is 0 Å². The zero-order valence-electron chi connectivity index (χ0n) is 10.0. The lowest BCUT2D eigenvalue weighted by Crippen LogP contribution is -2.36. The highest BCUT2D eigenvalue weighted by Crippen LogP contribution is 1.91. The molecule has 0 spiro atoms. The summed E-state index contributed by atoms with van der Waals surface area (Å²) in [5, 5.41) is 13.5. The van der Waals surface area contributed by atoms with E-state index in [0.29, 0.717) is 13.0 Å². The lowest BCUT2D eigenvalue weighted by atomic mass is 10.2. The van der Waals surface area contributed by atoms with E-state index >= 15 is 0 Å². The molecule has 1 aromatic rings. The van der Waals surface area contributed by atoms with Crippen molar-refractivity contribution in [3.8, 4) is 0 Å². The molecule has 0 fully saturated rings. The third-order valence-electron chi connectivity index (χ3n) is 2.35. The van der Waals surface area contributed by atoms with Gasteiger partial charge in [0, 0.05) is 25.3 Å². The van der Waals surface area contributed by atoms with Crippen molar-refractivity contribution in [2.24, 2.45) is 0 Å². The monoisotopic (exact) mass is 255 g/mol. The second-order valence-corrected chi connectivity index (χ2v) is 3.87. The first-order valence-electron chi connectivity index (χ1n) is 5.81. The van der Waals surface area contributed by atoms with Crippen molar-refractivity contribution in [3.63, 3.8) is 0 Å². The summed E-state index contributed by atoms with van der Waals surface area (Å²) >= 11 is 0. The van der Waals surface area contributed by atoms with Gasteiger partial charge in [-0.05, 0) is 19.3 Å². The molecule has 0 saturated heterocycles. The van der Waals surface area contributed by atoms with Gasteiger partial charge in [-0.2, -0.15) is 0 Å². The number of carbonyl (C=O) groups is 1. The molecule has 7 heteroatoms. The predicted molar refractivity (Wildman–Crippen MR) is 65.3 cm³/mol. The Bertz CT molecular complexity index is 492. The SMILES string of the molecule is O=C(Cn1[nH]c(=O)ccc1=O)NCCCCCO. The molecule has 0 aromatic carbocycles. The number of aromatic nitrogens is 2. The van der Waals surface area contributed by atoms with E-state index in [-0.39, 0.29) is 19.1 Å². The Balaban J connectivity index is 2.38. The molecule has 0 aliphatic carbocycles. The summed E-state index contributed by atoms with van der Waals surface area (Å²) in [5.41, 5.74) is -0.852. The standard InChI is InChI=1S/C11H17N3O4/c15-7-3-1-2-6-12-10(17)8-14-11(18)5-4-9(16)13-14/h4-5,15H,1-3,6-8H2,(H,12,17)(H,13,16). The number of carbonyl (C=O) groups excluding carboxylic acids is 1. The number of aliphatic hydroxyl groups is 1. The van der Waals surface area contributed by atoms with Crippen molar-refractivity contribution in [1.82, 2.24) is 15.1 Å². The van der Waals surface area contributed by atoms with Crippen LogP contribution in [0.15, 0.2) is 21.7 Å². The van der Waals surface area contributed by atoms with Gasteiger partial charge in [0.25, 0.3) is 11.1 Å². The molecule has 0 atom stereocenters. The molecule has 3 N–H and O–H groups in total. The zero-order chi connectivity index (χ0) is 13.4. The second kappa shape index (κ2) is 7.44. The van der Waals surface area contributed by atoms with Gasteiger partial charge < -0.3 is 10.4 Å². The molecular formula is C11H17N3O4. The minimum Gasteiger partial charge on any atom is -0.396 e. The Kier molecular flexibility index (Phi) is 5.86. The molecule has 18 heavy (non-hydrogen) atoms. The van der Waals surface area contributed by atoms with E-state index < -0.39 is 11.1 Å². The lowest BCUT2D eigenvalue weighted by Gasteiger charge is -2.06. The summed E-state index contributed by atoms with van der Waals surface area (Å²) in [4.78, 5) is 33.8. The van der Waals surface area contributed by atoms with Crippen LogP contribution in [0.1, 0.15) is 19.3 Å². The Hall–Kier alpha value is -1.89. The topological polar surface area (TPSA) is 104 Å². The van der Waals surface area contributed by atoms with Gasteiger partial charge in [-0.25, -0.2) is 4.68 Å². The fraction of sp³-hybridized carbons (Fsp3) is 0.545. The minimum absolute atomic E-state index is 0.147. The molecular weight excluding hydrogens is 238 g/mol. The maximum absolute atomic E-state index is 11.5. The highest BCUT2D eigenvalue weighted by atomic mass is 16.3. The van der Waals surface area contributed by atoms with Crippen LogP contribution in [-0.2, 0) is 11.3 Å². The molecule has 0 aliphatic heterocycles. The zero-order valence-corrected chi connectivity index (χ0v) is 10.0. The first-order valence-corrected chi connectivity index (χ1v) is 5.81. The third kappa shape index (κ3) is 4.96. The van der Waals surface area contributed by atoms with E-state index in [1.54, 1.807) is 0 Å². The predicted octanol–water partition coefficient (Wildman–Crippen LogP) is -1.18. The highest BCUT2D eigenvalue weighted by molar-refractivity contribution is 5.75. The largest absolute Gasteiger partial charge is 0.396 e. The Morgan fingerprint density at radius 2 is 2.06 bits per heavy atom. The summed E-state index contributed by atoms with van der Waals surface area (Å²) in [6.07, 6.45) is 2.31. The van der Waals surface area contributed by atoms with Gasteiger partial charge >= 0.3 is 0 Å². The van der Waals surface area contributed by atoms with Gasteiger partial charge in [0.1, 0.15) is 6.54 Å². The second-order valence-electron chi connectivity index (χ2n) is 3.87. The normalized spacial score (nSPS) is 10.3. The molecule has 100 valence electrons. The van der Waals surface area contributed by atoms with Crippen LogP contribution < -0.4 is 16.4 Å². The van der Waals surface area contributed by atoms with Crippen LogP contribution in [0, 0.1) is 0 Å². The third-order valence-corrected chi connectivity index (χ3v) is 2.35. The molecule has 7 nitrogen and oxygen atoms in total.